The number of hydrogen-bond acceptors (Lipinski definition) is 0. The molecule has 0 aromatic carbocycles. The lowest BCUT2D eigenvalue weighted by Crippen LogP contribution is -2.62. The fourth-order valence-electron chi connectivity index (χ4n) is 10.4. The Kier molecular flexibility index (Phi) is 1.39. The van der Waals surface area contributed by atoms with Crippen LogP contribution in [0.1, 0.15) is 19.3 Å². The summed E-state index contributed by atoms with van der Waals surface area (Å²) in [5.74, 6) is 15.9. The normalized spacial score (nSPS) is 78.5. The van der Waals surface area contributed by atoms with Gasteiger partial charge in [0.1, 0.15) is 0 Å². The fourth-order valence-corrected chi connectivity index (χ4v) is 10.4. The van der Waals surface area contributed by atoms with Crippen molar-refractivity contribution in [2.24, 2.45) is 82.9 Å². The van der Waals surface area contributed by atoms with Gasteiger partial charge in [0.05, 0.1) is 0 Å². The number of fused-ring (bicyclic) bond motifs is 22. The van der Waals surface area contributed by atoms with Gasteiger partial charge in [-0.15, -0.1) is 0 Å². The van der Waals surface area contributed by atoms with Gasteiger partial charge in [-0.1, -0.05) is 24.3 Å². The van der Waals surface area contributed by atoms with Crippen molar-refractivity contribution in [1.29, 1.82) is 0 Å². The molecule has 0 N–H and O–H groups in total. The molecule has 0 saturated heterocycles. The molecular weight excluding hydrogens is 252 g/mol. The SMILES string of the molecule is C1=CC2CC1C1C2C2C3CC(C12)C1C2C4C=CC(C4)C2C31. The smallest absolute Gasteiger partial charge is 0.0194 e. The molecule has 8 aliphatic carbocycles. The standard InChI is InChI=1S/C21H24/c1-2-9-5-8(1)14-15(9)19-13-7-12(18(14)19)20-16-10-3-4-11(6-10)17(16)21(13)20/h1-4,8-21H,5-7H2. The highest BCUT2D eigenvalue weighted by Gasteiger charge is 2.79. The molecular formula is C21H24. The molecule has 108 valence electrons. The van der Waals surface area contributed by atoms with Crippen LogP contribution in [0.4, 0.5) is 0 Å². The van der Waals surface area contributed by atoms with Gasteiger partial charge in [0.2, 0.25) is 0 Å². The van der Waals surface area contributed by atoms with E-state index in [1.807, 2.05) is 0 Å². The molecule has 0 atom stereocenters. The average Bonchev–Trinajstić information content (AvgIpc) is 3.17. The van der Waals surface area contributed by atoms with Crippen LogP contribution in [-0.2, 0) is 0 Å². The summed E-state index contributed by atoms with van der Waals surface area (Å²) >= 11 is 0. The molecule has 6 fully saturated rings. The zero-order valence-corrected chi connectivity index (χ0v) is 12.5. The van der Waals surface area contributed by atoms with Crippen LogP contribution in [0.5, 0.6) is 0 Å². The summed E-state index contributed by atoms with van der Waals surface area (Å²) in [7, 11) is 0. The van der Waals surface area contributed by atoms with Crippen molar-refractivity contribution in [1.82, 2.24) is 0 Å². The maximum atomic E-state index is 2.62. The summed E-state index contributed by atoms with van der Waals surface area (Å²) in [6, 6.07) is 0. The second-order valence-corrected chi connectivity index (χ2v) is 10.1. The van der Waals surface area contributed by atoms with E-state index in [2.05, 4.69) is 24.3 Å². The molecule has 0 radical (unpaired) electrons. The molecule has 0 spiro atoms. The number of rotatable bonds is 0. The molecule has 0 aromatic heterocycles. The van der Waals surface area contributed by atoms with Crippen LogP contribution in [0.2, 0.25) is 0 Å². The molecule has 0 heterocycles. The van der Waals surface area contributed by atoms with E-state index in [0.717, 1.165) is 47.3 Å². The minimum atomic E-state index is 1.02. The molecule has 0 aromatic rings. The van der Waals surface area contributed by atoms with Gasteiger partial charge in [-0.25, -0.2) is 0 Å². The van der Waals surface area contributed by atoms with Crippen molar-refractivity contribution in [3.63, 3.8) is 0 Å². The first kappa shape index (κ1) is 10.3. The van der Waals surface area contributed by atoms with Crippen LogP contribution in [0.3, 0.4) is 0 Å². The summed E-state index contributed by atoms with van der Waals surface area (Å²) in [4.78, 5) is 0. The Bertz CT molecular complexity index is 526. The van der Waals surface area contributed by atoms with E-state index in [0.29, 0.717) is 0 Å². The van der Waals surface area contributed by atoms with E-state index in [1.165, 1.54) is 35.5 Å². The van der Waals surface area contributed by atoms with E-state index in [9.17, 15) is 0 Å². The molecule has 0 heteroatoms. The van der Waals surface area contributed by atoms with Crippen molar-refractivity contribution in [2.75, 3.05) is 0 Å². The lowest BCUT2D eigenvalue weighted by molar-refractivity contribution is -0.180. The lowest BCUT2D eigenvalue weighted by Gasteiger charge is -2.66. The highest BCUT2D eigenvalue weighted by atomic mass is 14.8. The topological polar surface area (TPSA) is 0 Å². The van der Waals surface area contributed by atoms with Crippen LogP contribution in [0, 0.1) is 82.9 Å². The van der Waals surface area contributed by atoms with E-state index >= 15 is 0 Å². The maximum Gasteiger partial charge on any atom is -0.0194 e. The van der Waals surface area contributed by atoms with E-state index < -0.39 is 0 Å². The Morgan fingerprint density at radius 2 is 0.714 bits per heavy atom. The van der Waals surface area contributed by atoms with Crippen LogP contribution in [-0.4, -0.2) is 0 Å². The summed E-state index contributed by atoms with van der Waals surface area (Å²) in [5.41, 5.74) is 0. The van der Waals surface area contributed by atoms with Crippen LogP contribution < -0.4 is 0 Å². The molecule has 6 saturated carbocycles. The fraction of sp³-hybridized carbons (Fsp3) is 0.810. The van der Waals surface area contributed by atoms with Gasteiger partial charge >= 0.3 is 0 Å². The third-order valence-electron chi connectivity index (χ3n) is 10.4. The van der Waals surface area contributed by atoms with Crippen LogP contribution >= 0.6 is 0 Å². The van der Waals surface area contributed by atoms with Crippen LogP contribution in [0.25, 0.3) is 0 Å². The Morgan fingerprint density at radius 1 is 0.381 bits per heavy atom. The minimum absolute atomic E-state index is 1.02. The van der Waals surface area contributed by atoms with Gasteiger partial charge in [-0.2, -0.15) is 0 Å². The number of allylic oxidation sites excluding steroid dienone is 4. The zero-order chi connectivity index (χ0) is 13.0. The van der Waals surface area contributed by atoms with Crippen molar-refractivity contribution in [3.05, 3.63) is 24.3 Å². The largest absolute Gasteiger partial charge is 0.0848 e. The predicted octanol–water partition coefficient (Wildman–Crippen LogP) is 4.00. The van der Waals surface area contributed by atoms with Crippen molar-refractivity contribution >= 4 is 0 Å². The molecule has 8 aliphatic rings. The van der Waals surface area contributed by atoms with Gasteiger partial charge in [0.25, 0.3) is 0 Å². The second kappa shape index (κ2) is 2.83. The Hall–Kier alpha value is -0.520. The lowest BCUT2D eigenvalue weighted by atomic mass is 9.38. The third-order valence-corrected chi connectivity index (χ3v) is 10.4. The highest BCUT2D eigenvalue weighted by molar-refractivity contribution is 5.32. The Morgan fingerprint density at radius 3 is 1.05 bits per heavy atom. The summed E-state index contributed by atoms with van der Waals surface area (Å²) < 4.78 is 0. The second-order valence-electron chi connectivity index (χ2n) is 10.1. The molecule has 6 bridgehead atoms. The molecule has 0 amide bonds. The zero-order valence-electron chi connectivity index (χ0n) is 12.5. The molecule has 0 nitrogen and oxygen atoms in total. The summed E-state index contributed by atoms with van der Waals surface area (Å²) in [6.07, 6.45) is 15.3. The first-order valence-corrected chi connectivity index (χ1v) is 9.78. The van der Waals surface area contributed by atoms with E-state index in [4.69, 9.17) is 0 Å². The molecule has 0 aliphatic heterocycles. The number of hydrogen-bond donors (Lipinski definition) is 0. The predicted molar refractivity (Wildman–Crippen MR) is 81.0 cm³/mol. The molecule has 21 heavy (non-hydrogen) atoms. The summed E-state index contributed by atoms with van der Waals surface area (Å²) in [6.45, 7) is 0. The van der Waals surface area contributed by atoms with Gasteiger partial charge in [-0.05, 0) is 102 Å². The first-order chi connectivity index (χ1) is 10.4. The van der Waals surface area contributed by atoms with E-state index in [-0.39, 0.29) is 0 Å². The Balaban J connectivity index is 1.24. The minimum Gasteiger partial charge on any atom is -0.0848 e. The van der Waals surface area contributed by atoms with Gasteiger partial charge in [-0.3, -0.25) is 0 Å². The van der Waals surface area contributed by atoms with E-state index in [1.54, 1.807) is 19.3 Å². The van der Waals surface area contributed by atoms with Gasteiger partial charge in [0.15, 0.2) is 0 Å². The quantitative estimate of drug-likeness (QED) is 0.463. The van der Waals surface area contributed by atoms with Crippen molar-refractivity contribution in [3.8, 4) is 0 Å². The first-order valence-electron chi connectivity index (χ1n) is 9.78. The monoisotopic (exact) mass is 276 g/mol. The average molecular weight is 276 g/mol. The third kappa shape index (κ3) is 0.815. The summed E-state index contributed by atoms with van der Waals surface area (Å²) in [5, 5.41) is 0. The highest BCUT2D eigenvalue weighted by Crippen LogP contribution is 2.83. The van der Waals surface area contributed by atoms with Gasteiger partial charge in [0, 0.05) is 0 Å². The van der Waals surface area contributed by atoms with Crippen molar-refractivity contribution in [2.45, 2.75) is 19.3 Å². The Labute approximate surface area is 127 Å². The molecule has 0 unspecified atom stereocenters. The molecule has 8 rings (SSSR count). The van der Waals surface area contributed by atoms with Crippen molar-refractivity contribution < 1.29 is 0 Å². The van der Waals surface area contributed by atoms with Crippen LogP contribution in [0.15, 0.2) is 24.3 Å². The maximum absolute atomic E-state index is 2.62. The van der Waals surface area contributed by atoms with Gasteiger partial charge < -0.3 is 0 Å².